The molecule has 0 bridgehead atoms. The summed E-state index contributed by atoms with van der Waals surface area (Å²) in [4.78, 5) is 24.3. The average molecular weight is 454 g/mol. The highest BCUT2D eigenvalue weighted by molar-refractivity contribution is 7.91. The van der Waals surface area contributed by atoms with Crippen molar-refractivity contribution in [3.8, 4) is 11.5 Å². The molecular formula is C24H23NO6S. The van der Waals surface area contributed by atoms with E-state index in [-0.39, 0.29) is 11.3 Å². The number of ether oxygens (including phenoxy) is 2. The number of amides is 1. The maximum Gasteiger partial charge on any atom is 0.307 e. The van der Waals surface area contributed by atoms with Crippen LogP contribution in [0.25, 0.3) is 0 Å². The van der Waals surface area contributed by atoms with Crippen molar-refractivity contribution in [1.29, 1.82) is 0 Å². The third-order valence-electron chi connectivity index (χ3n) is 4.45. The van der Waals surface area contributed by atoms with E-state index in [1.165, 1.54) is 12.1 Å². The molecule has 1 N–H and O–H groups in total. The normalized spacial score (nSPS) is 10.9. The Morgan fingerprint density at radius 2 is 1.53 bits per heavy atom. The number of rotatable bonds is 9. The van der Waals surface area contributed by atoms with Gasteiger partial charge in [-0.25, -0.2) is 8.42 Å². The van der Waals surface area contributed by atoms with E-state index in [1.54, 1.807) is 48.5 Å². The van der Waals surface area contributed by atoms with Gasteiger partial charge >= 0.3 is 5.97 Å². The Labute approximate surface area is 186 Å². The minimum atomic E-state index is -3.61. The van der Waals surface area contributed by atoms with Crippen LogP contribution in [-0.2, 0) is 24.2 Å². The highest BCUT2D eigenvalue weighted by Gasteiger charge is 2.18. The molecule has 166 valence electrons. The SMILES string of the molecule is Cc1ccc(S(=O)(=O)CCC(=O)OCC(=O)Nc2ccccc2Oc2ccccc2)cc1. The van der Waals surface area contributed by atoms with Gasteiger partial charge in [-0.2, -0.15) is 0 Å². The highest BCUT2D eigenvalue weighted by Crippen LogP contribution is 2.29. The molecule has 0 aliphatic rings. The number of hydrogen-bond donors (Lipinski definition) is 1. The summed E-state index contributed by atoms with van der Waals surface area (Å²) in [5, 5.41) is 2.63. The highest BCUT2D eigenvalue weighted by atomic mass is 32.2. The third kappa shape index (κ3) is 6.68. The van der Waals surface area contributed by atoms with Crippen molar-refractivity contribution < 1.29 is 27.5 Å². The molecule has 3 rings (SSSR count). The minimum Gasteiger partial charge on any atom is -0.456 e. The van der Waals surface area contributed by atoms with E-state index in [2.05, 4.69) is 5.32 Å². The van der Waals surface area contributed by atoms with E-state index in [4.69, 9.17) is 9.47 Å². The molecule has 0 atom stereocenters. The van der Waals surface area contributed by atoms with Crippen molar-refractivity contribution in [2.75, 3.05) is 17.7 Å². The number of carbonyl (C=O) groups is 2. The molecule has 0 fully saturated rings. The largest absolute Gasteiger partial charge is 0.456 e. The number of sulfone groups is 1. The molecule has 0 saturated carbocycles. The molecule has 0 aromatic heterocycles. The van der Waals surface area contributed by atoms with Crippen LogP contribution < -0.4 is 10.1 Å². The first kappa shape index (κ1) is 23.0. The lowest BCUT2D eigenvalue weighted by Crippen LogP contribution is -2.22. The lowest BCUT2D eigenvalue weighted by Gasteiger charge is -2.12. The number of carbonyl (C=O) groups excluding carboxylic acids is 2. The number of aryl methyl sites for hydroxylation is 1. The number of hydrogen-bond acceptors (Lipinski definition) is 6. The molecule has 0 spiro atoms. The quantitative estimate of drug-likeness (QED) is 0.489. The molecule has 0 heterocycles. The van der Waals surface area contributed by atoms with Crippen LogP contribution in [0, 0.1) is 6.92 Å². The van der Waals surface area contributed by atoms with Crippen molar-refractivity contribution in [2.45, 2.75) is 18.2 Å². The van der Waals surface area contributed by atoms with E-state index in [9.17, 15) is 18.0 Å². The summed E-state index contributed by atoms with van der Waals surface area (Å²) in [5.74, 6) is -0.698. The second-order valence-corrected chi connectivity index (χ2v) is 9.11. The maximum absolute atomic E-state index is 12.3. The number of esters is 1. The third-order valence-corrected chi connectivity index (χ3v) is 6.18. The second kappa shape index (κ2) is 10.6. The van der Waals surface area contributed by atoms with Crippen molar-refractivity contribution in [3.63, 3.8) is 0 Å². The summed E-state index contributed by atoms with van der Waals surface area (Å²) in [6, 6.07) is 22.3. The van der Waals surface area contributed by atoms with E-state index >= 15 is 0 Å². The zero-order valence-electron chi connectivity index (χ0n) is 17.5. The summed E-state index contributed by atoms with van der Waals surface area (Å²) < 4.78 is 35.3. The van der Waals surface area contributed by atoms with Crippen LogP contribution in [-0.4, -0.2) is 32.7 Å². The first-order valence-corrected chi connectivity index (χ1v) is 11.6. The molecular weight excluding hydrogens is 430 g/mol. The molecule has 0 radical (unpaired) electrons. The molecule has 8 heteroatoms. The van der Waals surface area contributed by atoms with Crippen molar-refractivity contribution in [1.82, 2.24) is 0 Å². The molecule has 0 aliphatic carbocycles. The van der Waals surface area contributed by atoms with Crippen molar-refractivity contribution in [3.05, 3.63) is 84.4 Å². The molecule has 0 unspecified atom stereocenters. The van der Waals surface area contributed by atoms with Crippen molar-refractivity contribution in [2.24, 2.45) is 0 Å². The molecule has 0 saturated heterocycles. The molecule has 3 aromatic carbocycles. The first-order chi connectivity index (χ1) is 15.3. The van der Waals surface area contributed by atoms with Crippen molar-refractivity contribution >= 4 is 27.4 Å². The van der Waals surface area contributed by atoms with Crippen LogP contribution in [0.1, 0.15) is 12.0 Å². The van der Waals surface area contributed by atoms with Gasteiger partial charge < -0.3 is 14.8 Å². The van der Waals surface area contributed by atoms with Gasteiger partial charge in [0, 0.05) is 0 Å². The zero-order valence-corrected chi connectivity index (χ0v) is 18.3. The summed E-state index contributed by atoms with van der Waals surface area (Å²) in [5.41, 5.74) is 1.35. The Morgan fingerprint density at radius 3 is 2.25 bits per heavy atom. The smallest absolute Gasteiger partial charge is 0.307 e. The van der Waals surface area contributed by atoms with Crippen LogP contribution in [0.4, 0.5) is 5.69 Å². The van der Waals surface area contributed by atoms with Crippen LogP contribution in [0.5, 0.6) is 11.5 Å². The predicted molar refractivity (Wildman–Crippen MR) is 120 cm³/mol. The fraction of sp³-hybridized carbons (Fsp3) is 0.167. The lowest BCUT2D eigenvalue weighted by atomic mass is 10.2. The van der Waals surface area contributed by atoms with E-state index in [0.717, 1.165) is 5.56 Å². The van der Waals surface area contributed by atoms with Gasteiger partial charge in [0.1, 0.15) is 5.75 Å². The Balaban J connectivity index is 1.50. The molecule has 32 heavy (non-hydrogen) atoms. The first-order valence-electron chi connectivity index (χ1n) is 9.90. The van der Waals surface area contributed by atoms with E-state index < -0.39 is 34.1 Å². The van der Waals surface area contributed by atoms with Gasteiger partial charge in [-0.05, 0) is 43.3 Å². The lowest BCUT2D eigenvalue weighted by molar-refractivity contribution is -0.146. The van der Waals surface area contributed by atoms with Gasteiger partial charge in [0.25, 0.3) is 5.91 Å². The van der Waals surface area contributed by atoms with Gasteiger partial charge in [0.2, 0.25) is 0 Å². The predicted octanol–water partition coefficient (Wildman–Crippen LogP) is 4.13. The van der Waals surface area contributed by atoms with E-state index in [1.807, 2.05) is 25.1 Å². The van der Waals surface area contributed by atoms with Crippen LogP contribution in [0.2, 0.25) is 0 Å². The van der Waals surface area contributed by atoms with Crippen LogP contribution in [0.3, 0.4) is 0 Å². The molecule has 1 amide bonds. The van der Waals surface area contributed by atoms with Crippen LogP contribution >= 0.6 is 0 Å². The summed E-state index contributed by atoms with van der Waals surface area (Å²) in [6.45, 7) is 1.31. The molecule has 7 nitrogen and oxygen atoms in total. The molecule has 3 aromatic rings. The summed E-state index contributed by atoms with van der Waals surface area (Å²) in [6.07, 6.45) is -0.350. The average Bonchev–Trinajstić information content (AvgIpc) is 2.79. The fourth-order valence-corrected chi connectivity index (χ4v) is 3.98. The number of para-hydroxylation sites is 3. The Hall–Kier alpha value is -3.65. The zero-order chi connectivity index (χ0) is 23.0. The number of benzene rings is 3. The Kier molecular flexibility index (Phi) is 7.62. The molecule has 0 aliphatic heterocycles. The topological polar surface area (TPSA) is 98.8 Å². The van der Waals surface area contributed by atoms with Crippen LogP contribution in [0.15, 0.2) is 83.8 Å². The Bertz CT molecular complexity index is 1170. The second-order valence-electron chi connectivity index (χ2n) is 7.00. The van der Waals surface area contributed by atoms with Gasteiger partial charge in [-0.1, -0.05) is 48.0 Å². The monoisotopic (exact) mass is 453 g/mol. The van der Waals surface area contributed by atoms with Gasteiger partial charge in [-0.3, -0.25) is 9.59 Å². The minimum absolute atomic E-state index is 0.142. The standard InChI is InChI=1S/C24H23NO6S/c1-18-11-13-20(14-12-18)32(28,29)16-15-24(27)30-17-23(26)25-21-9-5-6-10-22(21)31-19-7-3-2-4-8-19/h2-14H,15-17H2,1H3,(H,25,26). The van der Waals surface area contributed by atoms with Gasteiger partial charge in [-0.15, -0.1) is 0 Å². The maximum atomic E-state index is 12.3. The summed E-state index contributed by atoms with van der Waals surface area (Å²) in [7, 11) is -3.61. The number of anilines is 1. The fourth-order valence-electron chi connectivity index (χ4n) is 2.76. The van der Waals surface area contributed by atoms with Gasteiger partial charge in [0.05, 0.1) is 22.8 Å². The summed E-state index contributed by atoms with van der Waals surface area (Å²) >= 11 is 0. The van der Waals surface area contributed by atoms with E-state index in [0.29, 0.717) is 17.2 Å². The number of nitrogens with one attached hydrogen (secondary N) is 1. The van der Waals surface area contributed by atoms with Gasteiger partial charge in [0.15, 0.2) is 22.2 Å². The Morgan fingerprint density at radius 1 is 0.875 bits per heavy atom.